The summed E-state index contributed by atoms with van der Waals surface area (Å²) in [6.07, 6.45) is 3.14. The van der Waals surface area contributed by atoms with Crippen LogP contribution in [0.25, 0.3) is 0 Å². The number of carbonyl (C=O) groups is 1. The summed E-state index contributed by atoms with van der Waals surface area (Å²) in [6, 6.07) is 5.80. The molecule has 1 aliphatic carbocycles. The number of amides is 1. The fourth-order valence-electron chi connectivity index (χ4n) is 2.52. The van der Waals surface area contributed by atoms with E-state index >= 15 is 0 Å². The second-order valence-electron chi connectivity index (χ2n) is 5.38. The van der Waals surface area contributed by atoms with E-state index in [1.54, 1.807) is 0 Å². The van der Waals surface area contributed by atoms with Crippen molar-refractivity contribution in [2.45, 2.75) is 25.7 Å². The third kappa shape index (κ3) is 3.17. The first kappa shape index (κ1) is 14.9. The zero-order valence-corrected chi connectivity index (χ0v) is 11.5. The van der Waals surface area contributed by atoms with Crippen LogP contribution in [-0.4, -0.2) is 17.4 Å². The molecule has 1 aromatic rings. The van der Waals surface area contributed by atoms with Crippen LogP contribution in [0.2, 0.25) is 0 Å². The van der Waals surface area contributed by atoms with Crippen LogP contribution in [0.4, 0.5) is 11.4 Å². The second kappa shape index (κ2) is 5.89. The number of hydrogen-bond acceptors (Lipinski definition) is 5. The van der Waals surface area contributed by atoms with Crippen LogP contribution in [0.15, 0.2) is 18.2 Å². The molecule has 0 saturated heterocycles. The summed E-state index contributed by atoms with van der Waals surface area (Å²) in [5, 5.41) is 22.3. The Morgan fingerprint density at radius 3 is 2.71 bits per heavy atom. The van der Waals surface area contributed by atoms with Crippen LogP contribution in [0.1, 0.15) is 31.2 Å². The molecule has 21 heavy (non-hydrogen) atoms. The molecule has 3 N–H and O–H groups in total. The number of rotatable bonds is 5. The molecule has 1 aliphatic rings. The van der Waals surface area contributed by atoms with Crippen molar-refractivity contribution in [2.75, 3.05) is 11.9 Å². The van der Waals surface area contributed by atoms with Crippen molar-refractivity contribution >= 4 is 17.3 Å². The first-order valence-corrected chi connectivity index (χ1v) is 6.68. The van der Waals surface area contributed by atoms with Crippen LogP contribution in [0, 0.1) is 26.9 Å². The van der Waals surface area contributed by atoms with Gasteiger partial charge in [-0.25, -0.2) is 0 Å². The van der Waals surface area contributed by atoms with Gasteiger partial charge in [0.1, 0.15) is 5.69 Å². The summed E-state index contributed by atoms with van der Waals surface area (Å²) in [5.74, 6) is -0.284. The molecule has 0 bridgehead atoms. The number of nitrogens with zero attached hydrogens (tertiary/aromatic N) is 2. The molecule has 0 radical (unpaired) electrons. The van der Waals surface area contributed by atoms with E-state index in [2.05, 4.69) is 5.32 Å². The van der Waals surface area contributed by atoms with Crippen molar-refractivity contribution in [3.63, 3.8) is 0 Å². The van der Waals surface area contributed by atoms with E-state index in [0.29, 0.717) is 6.54 Å². The van der Waals surface area contributed by atoms with Crippen LogP contribution >= 0.6 is 0 Å². The van der Waals surface area contributed by atoms with Crippen molar-refractivity contribution in [1.29, 1.82) is 5.26 Å². The Balaban J connectivity index is 2.14. The summed E-state index contributed by atoms with van der Waals surface area (Å²) < 4.78 is 0. The number of nitrogens with two attached hydrogens (primary N) is 1. The molecule has 1 amide bonds. The van der Waals surface area contributed by atoms with Crippen LogP contribution in [0.3, 0.4) is 0 Å². The van der Waals surface area contributed by atoms with Gasteiger partial charge in [-0.1, -0.05) is 6.42 Å². The number of carbonyl (C=O) groups excluding carboxylic acids is 1. The van der Waals surface area contributed by atoms with E-state index < -0.39 is 4.92 Å². The van der Waals surface area contributed by atoms with Crippen molar-refractivity contribution in [1.82, 2.24) is 0 Å². The molecule has 0 aromatic heterocycles. The van der Waals surface area contributed by atoms with Crippen molar-refractivity contribution in [3.05, 3.63) is 33.9 Å². The van der Waals surface area contributed by atoms with Gasteiger partial charge in [0.05, 0.1) is 16.6 Å². The van der Waals surface area contributed by atoms with Gasteiger partial charge in [-0.05, 0) is 36.9 Å². The van der Waals surface area contributed by atoms with Gasteiger partial charge >= 0.3 is 0 Å². The average molecular weight is 288 g/mol. The number of nitriles is 1. The van der Waals surface area contributed by atoms with Crippen molar-refractivity contribution in [3.8, 4) is 6.07 Å². The smallest absolute Gasteiger partial charge is 0.294 e. The standard InChI is InChI=1S/C14H16N4O3/c15-8-10-2-3-11(12(6-10)18(20)21)17-13(19)7-14(9-16)4-1-5-14/h2-3,6H,1,4-5,7,9,16H2,(H,17,19). The number of hydrogen-bond donors (Lipinski definition) is 2. The monoisotopic (exact) mass is 288 g/mol. The molecule has 1 saturated carbocycles. The molecule has 1 fully saturated rings. The molecular weight excluding hydrogens is 272 g/mol. The minimum absolute atomic E-state index is 0.107. The van der Waals surface area contributed by atoms with Crippen molar-refractivity contribution in [2.24, 2.45) is 11.1 Å². The minimum Gasteiger partial charge on any atom is -0.330 e. The zero-order chi connectivity index (χ0) is 15.5. The van der Waals surface area contributed by atoms with Gasteiger partial charge in [0.15, 0.2) is 0 Å². The number of nitrogens with one attached hydrogen (secondary N) is 1. The van der Waals surface area contributed by atoms with Gasteiger partial charge < -0.3 is 11.1 Å². The fraction of sp³-hybridized carbons (Fsp3) is 0.429. The van der Waals surface area contributed by atoms with Gasteiger partial charge in [-0.15, -0.1) is 0 Å². The maximum atomic E-state index is 12.1. The Morgan fingerprint density at radius 1 is 1.52 bits per heavy atom. The second-order valence-corrected chi connectivity index (χ2v) is 5.38. The number of benzene rings is 1. The van der Waals surface area contributed by atoms with E-state index in [-0.39, 0.29) is 34.7 Å². The van der Waals surface area contributed by atoms with Gasteiger partial charge in [-0.2, -0.15) is 5.26 Å². The van der Waals surface area contributed by atoms with E-state index in [9.17, 15) is 14.9 Å². The van der Waals surface area contributed by atoms with Gasteiger partial charge in [0.2, 0.25) is 5.91 Å². The third-order valence-corrected chi connectivity index (χ3v) is 3.98. The maximum absolute atomic E-state index is 12.1. The quantitative estimate of drug-likeness (QED) is 0.633. The zero-order valence-electron chi connectivity index (χ0n) is 11.5. The molecule has 0 spiro atoms. The lowest BCUT2D eigenvalue weighted by Crippen LogP contribution is -2.40. The summed E-state index contributed by atoms with van der Waals surface area (Å²) >= 11 is 0. The maximum Gasteiger partial charge on any atom is 0.294 e. The number of nitro benzene ring substituents is 1. The molecule has 0 aliphatic heterocycles. The minimum atomic E-state index is -0.613. The predicted molar refractivity (Wildman–Crippen MR) is 76.4 cm³/mol. The van der Waals surface area contributed by atoms with E-state index in [4.69, 9.17) is 11.0 Å². The lowest BCUT2D eigenvalue weighted by atomic mass is 9.66. The lowest BCUT2D eigenvalue weighted by molar-refractivity contribution is -0.384. The molecule has 0 unspecified atom stereocenters. The predicted octanol–water partition coefficient (Wildman–Crippen LogP) is 1.92. The third-order valence-electron chi connectivity index (χ3n) is 3.98. The lowest BCUT2D eigenvalue weighted by Gasteiger charge is -2.40. The molecule has 2 rings (SSSR count). The Bertz CT molecular complexity index is 612. The molecular formula is C14H16N4O3. The first-order valence-electron chi connectivity index (χ1n) is 6.68. The normalized spacial score (nSPS) is 15.6. The van der Waals surface area contributed by atoms with Crippen LogP contribution in [0.5, 0.6) is 0 Å². The summed E-state index contributed by atoms with van der Waals surface area (Å²) in [7, 11) is 0. The highest BCUT2D eigenvalue weighted by Gasteiger charge is 2.37. The van der Waals surface area contributed by atoms with Gasteiger partial charge in [-0.3, -0.25) is 14.9 Å². The number of anilines is 1. The van der Waals surface area contributed by atoms with E-state index in [0.717, 1.165) is 25.3 Å². The van der Waals surface area contributed by atoms with Crippen LogP contribution in [-0.2, 0) is 4.79 Å². The largest absolute Gasteiger partial charge is 0.330 e. The highest BCUT2D eigenvalue weighted by molar-refractivity contribution is 5.93. The molecule has 7 nitrogen and oxygen atoms in total. The number of nitro groups is 1. The first-order chi connectivity index (χ1) is 9.99. The van der Waals surface area contributed by atoms with Gasteiger partial charge in [0, 0.05) is 12.5 Å². The topological polar surface area (TPSA) is 122 Å². The molecule has 0 heterocycles. The van der Waals surface area contributed by atoms with E-state index in [1.165, 1.54) is 12.1 Å². The van der Waals surface area contributed by atoms with E-state index in [1.807, 2.05) is 6.07 Å². The highest BCUT2D eigenvalue weighted by Crippen LogP contribution is 2.43. The Kier molecular flexibility index (Phi) is 4.19. The molecule has 0 atom stereocenters. The van der Waals surface area contributed by atoms with Crippen molar-refractivity contribution < 1.29 is 9.72 Å². The summed E-state index contributed by atoms with van der Waals surface area (Å²) in [4.78, 5) is 22.4. The summed E-state index contributed by atoms with van der Waals surface area (Å²) in [6.45, 7) is 0.440. The Hall–Kier alpha value is -2.46. The average Bonchev–Trinajstić information content (AvgIpc) is 2.43. The summed E-state index contributed by atoms with van der Waals surface area (Å²) in [5.41, 5.74) is 5.55. The van der Waals surface area contributed by atoms with Crippen LogP contribution < -0.4 is 11.1 Å². The fourth-order valence-corrected chi connectivity index (χ4v) is 2.52. The molecule has 110 valence electrons. The molecule has 7 heteroatoms. The van der Waals surface area contributed by atoms with Gasteiger partial charge in [0.25, 0.3) is 5.69 Å². The SMILES string of the molecule is N#Cc1ccc(NC(=O)CC2(CN)CCC2)c([N+](=O)[O-])c1. The Labute approximate surface area is 121 Å². The highest BCUT2D eigenvalue weighted by atomic mass is 16.6. The molecule has 1 aromatic carbocycles. The Morgan fingerprint density at radius 2 is 2.24 bits per heavy atom.